The Morgan fingerprint density at radius 3 is 2.28 bits per heavy atom. The summed E-state index contributed by atoms with van der Waals surface area (Å²) in [4.78, 5) is 25.8. The van der Waals surface area contributed by atoms with Gasteiger partial charge in [0.25, 0.3) is 6.43 Å². The molecule has 260 valence electrons. The highest BCUT2D eigenvalue weighted by Crippen LogP contribution is 2.29. The largest absolute Gasteiger partial charge is 0.458 e. The second-order valence-corrected chi connectivity index (χ2v) is 13.6. The van der Waals surface area contributed by atoms with Crippen LogP contribution in [-0.2, 0) is 19.5 Å². The molecule has 0 unspecified atom stereocenters. The molecule has 0 saturated carbocycles. The number of piperidine rings is 1. The minimum Gasteiger partial charge on any atom is -0.458 e. The monoisotopic (exact) mass is 701 g/mol. The fourth-order valence-corrected chi connectivity index (χ4v) is 7.00. The first kappa shape index (κ1) is 35.3. The van der Waals surface area contributed by atoms with Gasteiger partial charge in [-0.1, -0.05) is 12.1 Å². The maximum Gasteiger partial charge on any atom is 0.304 e. The normalized spacial score (nSPS) is 18.9. The number of para-hydroxylation sites is 2. The molecule has 0 spiro atoms. The lowest BCUT2D eigenvalue weighted by atomic mass is 10.0. The van der Waals surface area contributed by atoms with Crippen LogP contribution in [0.4, 0.5) is 20.7 Å². The number of anilines is 2. The molecule has 3 aromatic rings. The number of morpholine rings is 2. The van der Waals surface area contributed by atoms with Crippen LogP contribution in [0.5, 0.6) is 6.01 Å². The van der Waals surface area contributed by atoms with Gasteiger partial charge in [0.1, 0.15) is 0 Å². The van der Waals surface area contributed by atoms with Crippen LogP contribution < -0.4 is 14.5 Å². The molecule has 3 saturated heterocycles. The molecule has 3 aliphatic rings. The zero-order valence-corrected chi connectivity index (χ0v) is 28.0. The molecule has 2 aromatic heterocycles. The molecule has 0 bridgehead atoms. The fourth-order valence-electron chi connectivity index (χ4n) is 6.13. The lowest BCUT2D eigenvalue weighted by Crippen LogP contribution is -2.48. The number of ether oxygens (including phenoxy) is 3. The summed E-state index contributed by atoms with van der Waals surface area (Å²) in [5.41, 5.74) is 1.16. The van der Waals surface area contributed by atoms with Crippen molar-refractivity contribution in [1.82, 2.24) is 33.7 Å². The average molecular weight is 702 g/mol. The Morgan fingerprint density at radius 1 is 0.936 bits per heavy atom. The highest BCUT2D eigenvalue weighted by molar-refractivity contribution is 7.88. The Balaban J connectivity index is 0.00000433. The number of halogens is 3. The number of fused-ring (bicyclic) bond motifs is 1. The topological polar surface area (TPSA) is 131 Å². The van der Waals surface area contributed by atoms with Crippen molar-refractivity contribution in [2.45, 2.75) is 31.7 Å². The summed E-state index contributed by atoms with van der Waals surface area (Å²) in [6, 6.07) is 7.18. The fraction of sp³-hybridized carbons (Fsp3) is 0.655. The van der Waals surface area contributed by atoms with Crippen LogP contribution in [-0.4, -0.2) is 146 Å². The first-order valence-electron chi connectivity index (χ1n) is 15.8. The third-order valence-electron chi connectivity index (χ3n) is 8.53. The van der Waals surface area contributed by atoms with E-state index in [1.54, 1.807) is 10.6 Å². The Hall–Kier alpha value is -2.96. The van der Waals surface area contributed by atoms with E-state index in [9.17, 15) is 17.2 Å². The summed E-state index contributed by atoms with van der Waals surface area (Å²) in [7, 11) is -3.31. The van der Waals surface area contributed by atoms with Crippen molar-refractivity contribution >= 4 is 45.4 Å². The van der Waals surface area contributed by atoms with Crippen molar-refractivity contribution in [2.75, 3.05) is 101 Å². The summed E-state index contributed by atoms with van der Waals surface area (Å²) >= 11 is 0. The van der Waals surface area contributed by atoms with Gasteiger partial charge in [-0.3, -0.25) is 4.90 Å². The molecular formula is C29H42ClF2N9O5S. The first-order valence-corrected chi connectivity index (χ1v) is 17.6. The molecule has 18 heteroatoms. The van der Waals surface area contributed by atoms with Crippen LogP contribution in [0.15, 0.2) is 24.3 Å². The molecule has 6 rings (SSSR count). The molecule has 1 aromatic carbocycles. The molecule has 5 heterocycles. The molecule has 0 N–H and O–H groups in total. The van der Waals surface area contributed by atoms with E-state index in [0.717, 1.165) is 26.1 Å². The molecule has 3 fully saturated rings. The van der Waals surface area contributed by atoms with Gasteiger partial charge in [0.2, 0.25) is 27.9 Å². The SMILES string of the molecule is CS(=O)(=O)N1CCC(N(CCCN2CCOCC2)c2nc(N3CCOCC3)nc(-n3c(OCC(F)F)nc4ccccc43)n2)CC1.Cl. The van der Waals surface area contributed by atoms with Crippen LogP contribution >= 0.6 is 12.4 Å². The Bertz CT molecular complexity index is 1570. The number of rotatable bonds is 12. The number of aromatic nitrogens is 5. The minimum absolute atomic E-state index is 0. The minimum atomic E-state index is -3.31. The number of hydrogen-bond acceptors (Lipinski definition) is 12. The second kappa shape index (κ2) is 16.0. The predicted octanol–water partition coefficient (Wildman–Crippen LogP) is 2.07. The highest BCUT2D eigenvalue weighted by atomic mass is 35.5. The van der Waals surface area contributed by atoms with Crippen molar-refractivity contribution < 1.29 is 31.4 Å². The van der Waals surface area contributed by atoms with E-state index in [-0.39, 0.29) is 30.4 Å². The molecular weight excluding hydrogens is 660 g/mol. The average Bonchev–Trinajstić information content (AvgIpc) is 3.45. The third-order valence-corrected chi connectivity index (χ3v) is 9.83. The van der Waals surface area contributed by atoms with Crippen LogP contribution in [0.25, 0.3) is 17.0 Å². The molecule has 3 aliphatic heterocycles. The first-order chi connectivity index (χ1) is 22.3. The molecule has 0 aliphatic carbocycles. The van der Waals surface area contributed by atoms with Crippen LogP contribution in [0.1, 0.15) is 19.3 Å². The van der Waals surface area contributed by atoms with E-state index in [1.165, 1.54) is 10.6 Å². The summed E-state index contributed by atoms with van der Waals surface area (Å²) < 4.78 is 70.8. The van der Waals surface area contributed by atoms with Crippen molar-refractivity contribution in [1.29, 1.82) is 0 Å². The van der Waals surface area contributed by atoms with Crippen molar-refractivity contribution in [2.24, 2.45) is 0 Å². The lowest BCUT2D eigenvalue weighted by Gasteiger charge is -2.38. The maximum atomic E-state index is 13.3. The molecule has 47 heavy (non-hydrogen) atoms. The summed E-state index contributed by atoms with van der Waals surface area (Å²) in [6.07, 6.45) is 0.594. The summed E-state index contributed by atoms with van der Waals surface area (Å²) in [6.45, 7) is 6.82. The molecule has 0 radical (unpaired) electrons. The third kappa shape index (κ3) is 8.75. The van der Waals surface area contributed by atoms with E-state index in [2.05, 4.69) is 14.8 Å². The summed E-state index contributed by atoms with van der Waals surface area (Å²) in [5.74, 6) is 1.08. The highest BCUT2D eigenvalue weighted by Gasteiger charge is 2.32. The van der Waals surface area contributed by atoms with E-state index < -0.39 is 23.1 Å². The van der Waals surface area contributed by atoms with Gasteiger partial charge in [-0.25, -0.2) is 26.1 Å². The van der Waals surface area contributed by atoms with Gasteiger partial charge < -0.3 is 24.0 Å². The van der Waals surface area contributed by atoms with Crippen LogP contribution in [0.3, 0.4) is 0 Å². The van der Waals surface area contributed by atoms with E-state index in [0.29, 0.717) is 94.9 Å². The smallest absolute Gasteiger partial charge is 0.304 e. The van der Waals surface area contributed by atoms with Crippen molar-refractivity contribution in [3.05, 3.63) is 24.3 Å². The van der Waals surface area contributed by atoms with Gasteiger partial charge in [0.15, 0.2) is 6.61 Å². The quantitative estimate of drug-likeness (QED) is 0.274. The Labute approximate surface area is 279 Å². The van der Waals surface area contributed by atoms with Gasteiger partial charge in [0, 0.05) is 58.4 Å². The van der Waals surface area contributed by atoms with Gasteiger partial charge in [-0.2, -0.15) is 19.9 Å². The van der Waals surface area contributed by atoms with Gasteiger partial charge >= 0.3 is 6.01 Å². The molecule has 14 nitrogen and oxygen atoms in total. The van der Waals surface area contributed by atoms with Gasteiger partial charge in [-0.05, 0) is 31.4 Å². The van der Waals surface area contributed by atoms with Gasteiger partial charge in [0.05, 0.1) is 43.7 Å². The number of alkyl halides is 2. The zero-order chi connectivity index (χ0) is 32.1. The van der Waals surface area contributed by atoms with Crippen LogP contribution in [0.2, 0.25) is 0 Å². The van der Waals surface area contributed by atoms with Crippen molar-refractivity contribution in [3.63, 3.8) is 0 Å². The Kier molecular flexibility index (Phi) is 12.0. The van der Waals surface area contributed by atoms with E-state index in [4.69, 9.17) is 29.2 Å². The number of imidazole rings is 1. The van der Waals surface area contributed by atoms with Crippen molar-refractivity contribution in [3.8, 4) is 12.0 Å². The van der Waals surface area contributed by atoms with E-state index >= 15 is 0 Å². The second-order valence-electron chi connectivity index (χ2n) is 11.6. The number of hydrogen-bond donors (Lipinski definition) is 0. The van der Waals surface area contributed by atoms with E-state index in [1.807, 2.05) is 23.1 Å². The van der Waals surface area contributed by atoms with Gasteiger partial charge in [-0.15, -0.1) is 12.4 Å². The maximum absolute atomic E-state index is 13.3. The molecule has 0 amide bonds. The number of benzene rings is 1. The Morgan fingerprint density at radius 2 is 1.60 bits per heavy atom. The lowest BCUT2D eigenvalue weighted by molar-refractivity contribution is 0.0375. The zero-order valence-electron chi connectivity index (χ0n) is 26.4. The summed E-state index contributed by atoms with van der Waals surface area (Å²) in [5, 5.41) is 0. The van der Waals surface area contributed by atoms with Crippen LogP contribution in [0, 0.1) is 0 Å². The molecule has 0 atom stereocenters. The standard InChI is InChI=1S/C29H41F2N9O5S.ClH/c1-46(41,42)38-11-7-22(8-12-38)39(10-4-9-36-13-17-43-18-14-36)27-33-26(37-15-19-44-20-16-37)34-28(35-27)40-24-6-3-2-5-23(24)32-29(40)45-21-25(30)31;/h2-3,5-6,22,25H,4,7-21H2,1H3;1H. The predicted molar refractivity (Wildman–Crippen MR) is 175 cm³/mol. The number of nitrogens with zero attached hydrogens (tertiary/aromatic N) is 9. The number of sulfonamides is 1.